The van der Waals surface area contributed by atoms with Crippen molar-refractivity contribution in [2.24, 2.45) is 0 Å². The van der Waals surface area contributed by atoms with Crippen molar-refractivity contribution in [1.29, 1.82) is 0 Å². The van der Waals surface area contributed by atoms with E-state index < -0.39 is 0 Å². The van der Waals surface area contributed by atoms with E-state index in [9.17, 15) is 9.59 Å². The van der Waals surface area contributed by atoms with Gasteiger partial charge in [-0.2, -0.15) is 0 Å². The average Bonchev–Trinajstić information content (AvgIpc) is 2.73. The lowest BCUT2D eigenvalue weighted by Crippen LogP contribution is -2.38. The third-order valence-corrected chi connectivity index (χ3v) is 3.66. The first-order chi connectivity index (χ1) is 9.93. The number of fused-ring (bicyclic) bond motifs is 1. The molecule has 1 heterocycles. The maximum Gasteiger partial charge on any atom is 0.254 e. The SMILES string of the molecule is CCNC(=O)CN(C)C(=O)c1ccc2[nH]c(C)c(C)c2c1. The van der Waals surface area contributed by atoms with Gasteiger partial charge in [0.15, 0.2) is 0 Å². The number of aryl methyl sites for hydroxylation is 2. The van der Waals surface area contributed by atoms with Crippen LogP contribution in [0.4, 0.5) is 0 Å². The number of hydrogen-bond acceptors (Lipinski definition) is 2. The number of aromatic amines is 1. The van der Waals surface area contributed by atoms with Crippen molar-refractivity contribution in [1.82, 2.24) is 15.2 Å². The van der Waals surface area contributed by atoms with Gasteiger partial charge in [0, 0.05) is 35.8 Å². The maximum atomic E-state index is 12.4. The molecule has 2 rings (SSSR count). The van der Waals surface area contributed by atoms with Gasteiger partial charge in [-0.3, -0.25) is 9.59 Å². The maximum absolute atomic E-state index is 12.4. The standard InChI is InChI=1S/C16H21N3O2/c1-5-17-15(20)9-19(4)16(21)12-6-7-14-13(8-12)10(2)11(3)18-14/h6-8,18H,5,9H2,1-4H3,(H,17,20). The lowest BCUT2D eigenvalue weighted by molar-refractivity contribution is -0.121. The Balaban J connectivity index is 2.22. The summed E-state index contributed by atoms with van der Waals surface area (Å²) in [4.78, 5) is 28.6. The fraction of sp³-hybridized carbons (Fsp3) is 0.375. The lowest BCUT2D eigenvalue weighted by Gasteiger charge is -2.16. The van der Waals surface area contributed by atoms with Crippen molar-refractivity contribution in [2.45, 2.75) is 20.8 Å². The number of rotatable bonds is 4. The van der Waals surface area contributed by atoms with Gasteiger partial charge in [-0.25, -0.2) is 0 Å². The number of benzene rings is 1. The quantitative estimate of drug-likeness (QED) is 0.903. The average molecular weight is 287 g/mol. The van der Waals surface area contributed by atoms with Gasteiger partial charge in [-0.1, -0.05) is 0 Å². The van der Waals surface area contributed by atoms with Gasteiger partial charge in [-0.15, -0.1) is 0 Å². The molecule has 0 atom stereocenters. The molecule has 2 aromatic rings. The van der Waals surface area contributed by atoms with Crippen LogP contribution in [-0.2, 0) is 4.79 Å². The zero-order chi connectivity index (χ0) is 15.6. The molecule has 0 spiro atoms. The highest BCUT2D eigenvalue weighted by Crippen LogP contribution is 2.22. The smallest absolute Gasteiger partial charge is 0.254 e. The van der Waals surface area contributed by atoms with E-state index in [-0.39, 0.29) is 18.4 Å². The predicted molar refractivity (Wildman–Crippen MR) is 83.4 cm³/mol. The second-order valence-corrected chi connectivity index (χ2v) is 5.25. The molecule has 0 aliphatic carbocycles. The number of carbonyl (C=O) groups is 2. The predicted octanol–water partition coefficient (Wildman–Crippen LogP) is 1.99. The van der Waals surface area contributed by atoms with Crippen molar-refractivity contribution < 1.29 is 9.59 Å². The molecule has 1 aromatic carbocycles. The summed E-state index contributed by atoms with van der Waals surface area (Å²) >= 11 is 0. The Morgan fingerprint density at radius 1 is 1.29 bits per heavy atom. The summed E-state index contributed by atoms with van der Waals surface area (Å²) in [5.74, 6) is -0.301. The number of aromatic nitrogens is 1. The summed E-state index contributed by atoms with van der Waals surface area (Å²) in [5, 5.41) is 3.73. The molecule has 2 amide bonds. The van der Waals surface area contributed by atoms with Gasteiger partial charge in [0.1, 0.15) is 0 Å². The van der Waals surface area contributed by atoms with Gasteiger partial charge in [-0.05, 0) is 44.5 Å². The van der Waals surface area contributed by atoms with E-state index in [1.54, 1.807) is 13.1 Å². The number of likely N-dealkylation sites (N-methyl/N-ethyl adjacent to an activating group) is 2. The summed E-state index contributed by atoms with van der Waals surface area (Å²) in [6.07, 6.45) is 0. The Kier molecular flexibility index (Phi) is 4.31. The van der Waals surface area contributed by atoms with E-state index in [0.29, 0.717) is 12.1 Å². The van der Waals surface area contributed by atoms with Crippen LogP contribution in [0.2, 0.25) is 0 Å². The molecule has 0 saturated carbocycles. The summed E-state index contributed by atoms with van der Waals surface area (Å²) < 4.78 is 0. The van der Waals surface area contributed by atoms with E-state index in [1.165, 1.54) is 4.90 Å². The van der Waals surface area contributed by atoms with Crippen LogP contribution in [0.25, 0.3) is 10.9 Å². The normalized spacial score (nSPS) is 10.7. The topological polar surface area (TPSA) is 65.2 Å². The number of amides is 2. The highest BCUT2D eigenvalue weighted by atomic mass is 16.2. The van der Waals surface area contributed by atoms with Crippen LogP contribution >= 0.6 is 0 Å². The molecule has 0 bridgehead atoms. The molecular weight excluding hydrogens is 266 g/mol. The van der Waals surface area contributed by atoms with Gasteiger partial charge in [0.2, 0.25) is 5.91 Å². The Morgan fingerprint density at radius 3 is 2.67 bits per heavy atom. The van der Waals surface area contributed by atoms with Crippen LogP contribution in [0.1, 0.15) is 28.5 Å². The Morgan fingerprint density at radius 2 is 2.00 bits per heavy atom. The second kappa shape index (κ2) is 5.99. The van der Waals surface area contributed by atoms with Crippen molar-refractivity contribution in [3.63, 3.8) is 0 Å². The molecule has 0 aliphatic heterocycles. The number of nitrogens with zero attached hydrogens (tertiary/aromatic N) is 1. The van der Waals surface area contributed by atoms with Crippen LogP contribution in [-0.4, -0.2) is 41.8 Å². The molecule has 112 valence electrons. The van der Waals surface area contributed by atoms with Gasteiger partial charge < -0.3 is 15.2 Å². The summed E-state index contributed by atoms with van der Waals surface area (Å²) in [5.41, 5.74) is 3.86. The van der Waals surface area contributed by atoms with E-state index in [1.807, 2.05) is 32.9 Å². The summed E-state index contributed by atoms with van der Waals surface area (Å²) in [6, 6.07) is 5.57. The highest BCUT2D eigenvalue weighted by molar-refractivity contribution is 6.00. The van der Waals surface area contributed by atoms with Crippen LogP contribution < -0.4 is 5.32 Å². The molecule has 5 heteroatoms. The number of H-pyrrole nitrogens is 1. The molecule has 0 aliphatic rings. The van der Waals surface area contributed by atoms with Crippen LogP contribution in [0.3, 0.4) is 0 Å². The minimum absolute atomic E-state index is 0.0653. The molecule has 0 fully saturated rings. The fourth-order valence-electron chi connectivity index (χ4n) is 2.35. The molecule has 5 nitrogen and oxygen atoms in total. The zero-order valence-electron chi connectivity index (χ0n) is 12.9. The number of hydrogen-bond donors (Lipinski definition) is 2. The van der Waals surface area contributed by atoms with Gasteiger partial charge in [0.25, 0.3) is 5.91 Å². The van der Waals surface area contributed by atoms with Crippen LogP contribution in [0.15, 0.2) is 18.2 Å². The largest absolute Gasteiger partial charge is 0.358 e. The van der Waals surface area contributed by atoms with Crippen LogP contribution in [0, 0.1) is 13.8 Å². The minimum atomic E-state index is -0.151. The Bertz CT molecular complexity index is 688. The molecule has 0 unspecified atom stereocenters. The molecule has 0 saturated heterocycles. The first kappa shape index (κ1) is 15.1. The second-order valence-electron chi connectivity index (χ2n) is 5.25. The van der Waals surface area contributed by atoms with E-state index >= 15 is 0 Å². The molecular formula is C16H21N3O2. The molecule has 2 N–H and O–H groups in total. The lowest BCUT2D eigenvalue weighted by atomic mass is 10.1. The highest BCUT2D eigenvalue weighted by Gasteiger charge is 2.16. The first-order valence-electron chi connectivity index (χ1n) is 7.05. The van der Waals surface area contributed by atoms with E-state index in [2.05, 4.69) is 10.3 Å². The summed E-state index contributed by atoms with van der Waals surface area (Å²) in [6.45, 7) is 6.52. The number of carbonyl (C=O) groups excluding carboxylic acids is 2. The zero-order valence-corrected chi connectivity index (χ0v) is 12.9. The van der Waals surface area contributed by atoms with Gasteiger partial charge in [0.05, 0.1) is 6.54 Å². The van der Waals surface area contributed by atoms with Crippen molar-refractivity contribution in [3.8, 4) is 0 Å². The molecule has 1 aromatic heterocycles. The van der Waals surface area contributed by atoms with E-state index in [4.69, 9.17) is 0 Å². The minimum Gasteiger partial charge on any atom is -0.358 e. The Labute approximate surface area is 124 Å². The third-order valence-electron chi connectivity index (χ3n) is 3.66. The van der Waals surface area contributed by atoms with Crippen LogP contribution in [0.5, 0.6) is 0 Å². The molecule has 21 heavy (non-hydrogen) atoms. The van der Waals surface area contributed by atoms with Crippen molar-refractivity contribution in [3.05, 3.63) is 35.0 Å². The third kappa shape index (κ3) is 3.07. The van der Waals surface area contributed by atoms with Crippen molar-refractivity contribution >= 4 is 22.7 Å². The fourth-order valence-corrected chi connectivity index (χ4v) is 2.35. The Hall–Kier alpha value is -2.30. The summed E-state index contributed by atoms with van der Waals surface area (Å²) in [7, 11) is 1.64. The van der Waals surface area contributed by atoms with Crippen molar-refractivity contribution in [2.75, 3.05) is 20.1 Å². The monoisotopic (exact) mass is 287 g/mol. The van der Waals surface area contributed by atoms with Gasteiger partial charge >= 0.3 is 0 Å². The number of nitrogens with one attached hydrogen (secondary N) is 2. The van der Waals surface area contributed by atoms with E-state index in [0.717, 1.165) is 22.2 Å². The molecule has 0 radical (unpaired) electrons. The first-order valence-corrected chi connectivity index (χ1v) is 7.05.